The summed E-state index contributed by atoms with van der Waals surface area (Å²) in [5.74, 6) is 1.21. The summed E-state index contributed by atoms with van der Waals surface area (Å²) < 4.78 is 0. The van der Waals surface area contributed by atoms with E-state index >= 15 is 0 Å². The second kappa shape index (κ2) is 6.15. The minimum atomic E-state index is 0.0955. The Kier molecular flexibility index (Phi) is 4.43. The zero-order valence-corrected chi connectivity index (χ0v) is 13.4. The first kappa shape index (κ1) is 15.1. The van der Waals surface area contributed by atoms with Crippen LogP contribution in [0.2, 0.25) is 10.0 Å². The van der Waals surface area contributed by atoms with Gasteiger partial charge < -0.3 is 10.6 Å². The molecule has 1 aromatic carbocycles. The number of amides is 1. The standard InChI is InChI=1S/C16H20Cl2N2O/c17-11-1-2-12(15(18)7-11)13-8-14(13)16(21)20-5-3-10(9-19)4-6-20/h1-2,7,10,13-14H,3-6,8-9,19H2. The highest BCUT2D eigenvalue weighted by Gasteiger charge is 2.46. The zero-order valence-electron chi connectivity index (χ0n) is 11.9. The lowest BCUT2D eigenvalue weighted by molar-refractivity contribution is -0.134. The van der Waals surface area contributed by atoms with Crippen molar-refractivity contribution in [3.8, 4) is 0 Å². The van der Waals surface area contributed by atoms with Crippen LogP contribution in [0, 0.1) is 11.8 Å². The van der Waals surface area contributed by atoms with Gasteiger partial charge >= 0.3 is 0 Å². The summed E-state index contributed by atoms with van der Waals surface area (Å²) in [5, 5.41) is 1.31. The SMILES string of the molecule is NCC1CCN(C(=O)C2CC2c2ccc(Cl)cc2Cl)CC1. The van der Waals surface area contributed by atoms with Crippen molar-refractivity contribution in [2.75, 3.05) is 19.6 Å². The molecule has 3 rings (SSSR count). The normalized spacial score (nSPS) is 26.0. The Morgan fingerprint density at radius 3 is 2.62 bits per heavy atom. The number of rotatable bonds is 3. The number of carbonyl (C=O) groups is 1. The van der Waals surface area contributed by atoms with Crippen LogP contribution >= 0.6 is 23.2 Å². The number of hydrogen-bond acceptors (Lipinski definition) is 2. The van der Waals surface area contributed by atoms with Crippen molar-refractivity contribution in [1.29, 1.82) is 0 Å². The lowest BCUT2D eigenvalue weighted by Crippen LogP contribution is -2.41. The van der Waals surface area contributed by atoms with Crippen LogP contribution in [0.1, 0.15) is 30.7 Å². The topological polar surface area (TPSA) is 46.3 Å². The van der Waals surface area contributed by atoms with E-state index in [0.29, 0.717) is 16.0 Å². The van der Waals surface area contributed by atoms with Gasteiger partial charge in [0.1, 0.15) is 0 Å². The first-order chi connectivity index (χ1) is 10.1. The monoisotopic (exact) mass is 326 g/mol. The Hall–Kier alpha value is -0.770. The van der Waals surface area contributed by atoms with E-state index in [9.17, 15) is 4.79 Å². The van der Waals surface area contributed by atoms with Crippen LogP contribution in [0.5, 0.6) is 0 Å². The second-order valence-corrected chi connectivity index (χ2v) is 6.96. The molecule has 1 aliphatic heterocycles. The summed E-state index contributed by atoms with van der Waals surface area (Å²) in [6.45, 7) is 2.42. The summed E-state index contributed by atoms with van der Waals surface area (Å²) in [5.41, 5.74) is 6.75. The highest BCUT2D eigenvalue weighted by atomic mass is 35.5. The molecule has 2 N–H and O–H groups in total. The first-order valence-electron chi connectivity index (χ1n) is 7.54. The maximum atomic E-state index is 12.5. The Labute approximate surface area is 135 Å². The zero-order chi connectivity index (χ0) is 15.0. The number of nitrogens with two attached hydrogens (primary N) is 1. The van der Waals surface area contributed by atoms with Crippen molar-refractivity contribution < 1.29 is 4.79 Å². The Morgan fingerprint density at radius 2 is 2.00 bits per heavy atom. The van der Waals surface area contributed by atoms with E-state index in [1.807, 2.05) is 17.0 Å². The average Bonchev–Trinajstić information content (AvgIpc) is 3.27. The second-order valence-electron chi connectivity index (χ2n) is 6.12. The van der Waals surface area contributed by atoms with E-state index in [-0.39, 0.29) is 17.7 Å². The van der Waals surface area contributed by atoms with Crippen LogP contribution in [-0.2, 0) is 4.79 Å². The van der Waals surface area contributed by atoms with Gasteiger partial charge in [0, 0.05) is 29.1 Å². The minimum absolute atomic E-state index is 0.0955. The molecule has 1 heterocycles. The van der Waals surface area contributed by atoms with Crippen LogP contribution in [-0.4, -0.2) is 30.4 Å². The van der Waals surface area contributed by atoms with Crippen LogP contribution < -0.4 is 5.73 Å². The highest BCUT2D eigenvalue weighted by molar-refractivity contribution is 6.35. The molecule has 0 aromatic heterocycles. The minimum Gasteiger partial charge on any atom is -0.342 e. The number of likely N-dealkylation sites (tertiary alicyclic amines) is 1. The third-order valence-electron chi connectivity index (χ3n) is 4.73. The summed E-state index contributed by atoms with van der Waals surface area (Å²) >= 11 is 12.2. The largest absolute Gasteiger partial charge is 0.342 e. The number of nitrogens with zero attached hydrogens (tertiary/aromatic N) is 1. The van der Waals surface area contributed by atoms with E-state index < -0.39 is 0 Å². The maximum Gasteiger partial charge on any atom is 0.226 e. The molecular formula is C16H20Cl2N2O. The predicted octanol–water partition coefficient (Wildman–Crippen LogP) is 3.29. The quantitative estimate of drug-likeness (QED) is 0.926. The molecule has 2 unspecified atom stereocenters. The number of piperidine rings is 1. The fraction of sp³-hybridized carbons (Fsp3) is 0.562. The molecule has 0 spiro atoms. The van der Waals surface area contributed by atoms with Gasteiger partial charge in [-0.25, -0.2) is 0 Å². The van der Waals surface area contributed by atoms with Crippen molar-refractivity contribution in [2.24, 2.45) is 17.6 Å². The van der Waals surface area contributed by atoms with E-state index in [4.69, 9.17) is 28.9 Å². The molecule has 0 bridgehead atoms. The smallest absolute Gasteiger partial charge is 0.226 e. The molecule has 114 valence electrons. The van der Waals surface area contributed by atoms with E-state index in [2.05, 4.69) is 0 Å². The van der Waals surface area contributed by atoms with Gasteiger partial charge in [-0.3, -0.25) is 4.79 Å². The summed E-state index contributed by atoms with van der Waals surface area (Å²) in [7, 11) is 0. The van der Waals surface area contributed by atoms with Gasteiger partial charge in [-0.15, -0.1) is 0 Å². The molecule has 3 nitrogen and oxygen atoms in total. The van der Waals surface area contributed by atoms with Crippen molar-refractivity contribution in [2.45, 2.75) is 25.2 Å². The summed E-state index contributed by atoms with van der Waals surface area (Å²) in [6, 6.07) is 5.55. The lowest BCUT2D eigenvalue weighted by Gasteiger charge is -2.31. The number of halogens is 2. The van der Waals surface area contributed by atoms with Crippen molar-refractivity contribution in [3.63, 3.8) is 0 Å². The molecule has 2 fully saturated rings. The van der Waals surface area contributed by atoms with Crippen molar-refractivity contribution in [3.05, 3.63) is 33.8 Å². The molecule has 2 atom stereocenters. The Bertz CT molecular complexity index is 541. The number of carbonyl (C=O) groups excluding carboxylic acids is 1. The molecule has 1 aliphatic carbocycles. The van der Waals surface area contributed by atoms with Gasteiger partial charge in [0.25, 0.3) is 0 Å². The molecule has 5 heteroatoms. The molecule has 1 saturated carbocycles. The summed E-state index contributed by atoms with van der Waals surface area (Å²) in [4.78, 5) is 14.5. The van der Waals surface area contributed by atoms with Crippen LogP contribution in [0.4, 0.5) is 0 Å². The third-order valence-corrected chi connectivity index (χ3v) is 5.29. The Morgan fingerprint density at radius 1 is 1.29 bits per heavy atom. The first-order valence-corrected chi connectivity index (χ1v) is 8.29. The molecule has 21 heavy (non-hydrogen) atoms. The van der Waals surface area contributed by atoms with Gasteiger partial charge in [0.05, 0.1) is 0 Å². The molecule has 2 aliphatic rings. The van der Waals surface area contributed by atoms with Crippen molar-refractivity contribution in [1.82, 2.24) is 4.90 Å². The number of benzene rings is 1. The third kappa shape index (κ3) is 3.20. The van der Waals surface area contributed by atoms with Crippen LogP contribution in [0.15, 0.2) is 18.2 Å². The molecule has 1 aromatic rings. The molecule has 1 amide bonds. The van der Waals surface area contributed by atoms with Gasteiger partial charge in [0.15, 0.2) is 0 Å². The predicted molar refractivity (Wildman–Crippen MR) is 85.7 cm³/mol. The molecular weight excluding hydrogens is 307 g/mol. The van der Waals surface area contributed by atoms with Crippen LogP contribution in [0.3, 0.4) is 0 Å². The van der Waals surface area contributed by atoms with Gasteiger partial charge in [-0.2, -0.15) is 0 Å². The van der Waals surface area contributed by atoms with Gasteiger partial charge in [-0.1, -0.05) is 29.3 Å². The fourth-order valence-electron chi connectivity index (χ4n) is 3.24. The fourth-order valence-corrected chi connectivity index (χ4v) is 3.79. The van der Waals surface area contributed by atoms with Crippen molar-refractivity contribution >= 4 is 29.1 Å². The number of hydrogen-bond donors (Lipinski definition) is 1. The Balaban J connectivity index is 1.61. The van der Waals surface area contributed by atoms with Gasteiger partial charge in [0.2, 0.25) is 5.91 Å². The average molecular weight is 327 g/mol. The van der Waals surface area contributed by atoms with E-state index in [1.54, 1.807) is 6.07 Å². The van der Waals surface area contributed by atoms with Crippen LogP contribution in [0.25, 0.3) is 0 Å². The van der Waals surface area contributed by atoms with E-state index in [0.717, 1.165) is 44.5 Å². The van der Waals surface area contributed by atoms with Gasteiger partial charge in [-0.05, 0) is 55.3 Å². The molecule has 0 radical (unpaired) electrons. The highest BCUT2D eigenvalue weighted by Crippen LogP contribution is 2.51. The van der Waals surface area contributed by atoms with E-state index in [1.165, 1.54) is 0 Å². The lowest BCUT2D eigenvalue weighted by atomic mass is 9.96. The maximum absolute atomic E-state index is 12.5. The summed E-state index contributed by atoms with van der Waals surface area (Å²) in [6.07, 6.45) is 2.96. The molecule has 1 saturated heterocycles.